The van der Waals surface area contributed by atoms with Crippen molar-refractivity contribution in [2.45, 2.75) is 26.4 Å². The summed E-state index contributed by atoms with van der Waals surface area (Å²) in [7, 11) is 0. The average molecular weight is 373 g/mol. The van der Waals surface area contributed by atoms with Crippen molar-refractivity contribution in [3.05, 3.63) is 69.9 Å². The number of halogens is 1. The summed E-state index contributed by atoms with van der Waals surface area (Å²) in [6.07, 6.45) is 1.52. The summed E-state index contributed by atoms with van der Waals surface area (Å²) in [6.45, 7) is 4.43. The van der Waals surface area contributed by atoms with Gasteiger partial charge in [0.15, 0.2) is 0 Å². The monoisotopic (exact) mass is 372 g/mol. The van der Waals surface area contributed by atoms with Crippen LogP contribution in [0.3, 0.4) is 0 Å². The van der Waals surface area contributed by atoms with Gasteiger partial charge in [0.05, 0.1) is 11.3 Å². The number of ether oxygens (including phenoxy) is 1. The molecule has 0 bridgehead atoms. The van der Waals surface area contributed by atoms with Crippen molar-refractivity contribution in [2.24, 2.45) is 0 Å². The molecule has 0 spiro atoms. The standard InChI is InChI=1S/C19H17ClN2O2S/c1-12(2)13-5-7-14(8-6-13)18-22-15(11-25-18)10-24-19(23)16-4-3-9-21-17(16)20/h3-9,11-12H,10H2,1-2H3. The molecule has 3 rings (SSSR count). The molecule has 0 amide bonds. The van der Waals surface area contributed by atoms with Gasteiger partial charge in [0.1, 0.15) is 16.8 Å². The SMILES string of the molecule is CC(C)c1ccc(-c2nc(COC(=O)c3cccnc3Cl)cs2)cc1. The fourth-order valence-electron chi connectivity index (χ4n) is 2.27. The third-order valence-electron chi connectivity index (χ3n) is 3.71. The van der Waals surface area contributed by atoms with E-state index in [-0.39, 0.29) is 17.3 Å². The number of hydrogen-bond acceptors (Lipinski definition) is 5. The molecule has 0 saturated carbocycles. The van der Waals surface area contributed by atoms with Crippen molar-refractivity contribution in [3.8, 4) is 10.6 Å². The third-order valence-corrected chi connectivity index (χ3v) is 4.95. The van der Waals surface area contributed by atoms with Crippen molar-refractivity contribution in [2.75, 3.05) is 0 Å². The molecule has 0 atom stereocenters. The molecule has 0 aliphatic rings. The molecular formula is C19H17ClN2O2S. The van der Waals surface area contributed by atoms with Crippen molar-refractivity contribution in [3.63, 3.8) is 0 Å². The highest BCUT2D eigenvalue weighted by atomic mass is 35.5. The Morgan fingerprint density at radius 3 is 2.68 bits per heavy atom. The summed E-state index contributed by atoms with van der Waals surface area (Å²) >= 11 is 7.42. The van der Waals surface area contributed by atoms with Gasteiger partial charge in [0, 0.05) is 17.1 Å². The predicted molar refractivity (Wildman–Crippen MR) is 100 cm³/mol. The quantitative estimate of drug-likeness (QED) is 0.448. The number of carbonyl (C=O) groups is 1. The second-order valence-corrected chi connectivity index (χ2v) is 7.05. The Labute approximate surface area is 155 Å². The molecule has 3 aromatic rings. The zero-order valence-corrected chi connectivity index (χ0v) is 15.5. The van der Waals surface area contributed by atoms with Crippen LogP contribution in [0.4, 0.5) is 0 Å². The highest BCUT2D eigenvalue weighted by Gasteiger charge is 2.13. The van der Waals surface area contributed by atoms with Crippen molar-refractivity contribution in [1.29, 1.82) is 0 Å². The Bertz CT molecular complexity index is 875. The van der Waals surface area contributed by atoms with E-state index in [9.17, 15) is 4.79 Å². The molecule has 0 saturated heterocycles. The summed E-state index contributed by atoms with van der Waals surface area (Å²) < 4.78 is 5.28. The lowest BCUT2D eigenvalue weighted by atomic mass is 10.0. The maximum absolute atomic E-state index is 12.0. The summed E-state index contributed by atoms with van der Waals surface area (Å²) in [5.41, 5.74) is 3.32. The van der Waals surface area contributed by atoms with Gasteiger partial charge in [-0.1, -0.05) is 49.7 Å². The van der Waals surface area contributed by atoms with Crippen LogP contribution in [-0.4, -0.2) is 15.9 Å². The Morgan fingerprint density at radius 2 is 2.00 bits per heavy atom. The Kier molecular flexibility index (Phi) is 5.46. The smallest absolute Gasteiger partial charge is 0.341 e. The molecule has 2 heterocycles. The van der Waals surface area contributed by atoms with Crippen molar-refractivity contribution in [1.82, 2.24) is 9.97 Å². The molecule has 25 heavy (non-hydrogen) atoms. The molecule has 0 aliphatic carbocycles. The summed E-state index contributed by atoms with van der Waals surface area (Å²) in [5.74, 6) is -0.00597. The number of hydrogen-bond donors (Lipinski definition) is 0. The Morgan fingerprint density at radius 1 is 1.24 bits per heavy atom. The maximum atomic E-state index is 12.0. The predicted octanol–water partition coefficient (Wildman–Crippen LogP) is 5.34. The molecule has 1 aromatic carbocycles. The van der Waals surface area contributed by atoms with Crippen LogP contribution >= 0.6 is 22.9 Å². The Balaban J connectivity index is 1.66. The first kappa shape index (κ1) is 17.6. The number of rotatable bonds is 5. The topological polar surface area (TPSA) is 52.1 Å². The van der Waals surface area contributed by atoms with Gasteiger partial charge in [-0.25, -0.2) is 14.8 Å². The molecule has 0 aliphatic heterocycles. The molecule has 2 aromatic heterocycles. The van der Waals surface area contributed by atoms with E-state index in [1.165, 1.54) is 23.1 Å². The first-order chi connectivity index (χ1) is 12.0. The molecule has 6 heteroatoms. The van der Waals surface area contributed by atoms with Gasteiger partial charge in [-0.05, 0) is 23.6 Å². The van der Waals surface area contributed by atoms with Crippen LogP contribution < -0.4 is 0 Å². The van der Waals surface area contributed by atoms with E-state index in [2.05, 4.69) is 48.1 Å². The minimum atomic E-state index is -0.506. The molecule has 0 radical (unpaired) electrons. The van der Waals surface area contributed by atoms with Crippen LogP contribution in [0.15, 0.2) is 48.0 Å². The lowest BCUT2D eigenvalue weighted by molar-refractivity contribution is 0.0468. The van der Waals surface area contributed by atoms with Crippen molar-refractivity contribution >= 4 is 28.9 Å². The second-order valence-electron chi connectivity index (χ2n) is 5.84. The molecular weight excluding hydrogens is 356 g/mol. The van der Waals surface area contributed by atoms with E-state index in [0.29, 0.717) is 11.6 Å². The van der Waals surface area contributed by atoms with Gasteiger partial charge in [-0.2, -0.15) is 0 Å². The minimum absolute atomic E-state index is 0.102. The normalized spacial score (nSPS) is 10.9. The van der Waals surface area contributed by atoms with Crippen LogP contribution in [0.1, 0.15) is 41.4 Å². The zero-order valence-electron chi connectivity index (χ0n) is 13.9. The second kappa shape index (κ2) is 7.76. The van der Waals surface area contributed by atoms with Crippen molar-refractivity contribution < 1.29 is 9.53 Å². The van der Waals surface area contributed by atoms with Gasteiger partial charge in [-0.15, -0.1) is 11.3 Å². The van der Waals surface area contributed by atoms with Crippen LogP contribution in [0.25, 0.3) is 10.6 Å². The summed E-state index contributed by atoms with van der Waals surface area (Å²) in [5, 5.41) is 2.93. The molecule has 0 N–H and O–H groups in total. The van der Waals surface area contributed by atoms with Crippen LogP contribution in [0, 0.1) is 0 Å². The molecule has 0 fully saturated rings. The summed E-state index contributed by atoms with van der Waals surface area (Å²) in [4.78, 5) is 20.5. The fourth-order valence-corrected chi connectivity index (χ4v) is 3.28. The average Bonchev–Trinajstić information content (AvgIpc) is 3.09. The molecule has 0 unspecified atom stereocenters. The van der Waals surface area contributed by atoms with Crippen LogP contribution in [-0.2, 0) is 11.3 Å². The van der Waals surface area contributed by atoms with E-state index in [1.54, 1.807) is 12.1 Å². The number of benzene rings is 1. The Hall–Kier alpha value is -2.24. The van der Waals surface area contributed by atoms with E-state index < -0.39 is 5.97 Å². The molecule has 4 nitrogen and oxygen atoms in total. The number of pyridine rings is 1. The van der Waals surface area contributed by atoms with E-state index in [0.717, 1.165) is 10.6 Å². The first-order valence-electron chi connectivity index (χ1n) is 7.87. The minimum Gasteiger partial charge on any atom is -0.455 e. The zero-order chi connectivity index (χ0) is 17.8. The van der Waals surface area contributed by atoms with Gasteiger partial charge < -0.3 is 4.74 Å². The van der Waals surface area contributed by atoms with E-state index in [4.69, 9.17) is 16.3 Å². The van der Waals surface area contributed by atoms with Gasteiger partial charge in [0.2, 0.25) is 0 Å². The van der Waals surface area contributed by atoms with Gasteiger partial charge in [-0.3, -0.25) is 0 Å². The van der Waals surface area contributed by atoms with Gasteiger partial charge in [0.25, 0.3) is 0 Å². The van der Waals surface area contributed by atoms with Crippen LogP contribution in [0.2, 0.25) is 5.15 Å². The number of aromatic nitrogens is 2. The van der Waals surface area contributed by atoms with Gasteiger partial charge >= 0.3 is 5.97 Å². The largest absolute Gasteiger partial charge is 0.455 e. The summed E-state index contributed by atoms with van der Waals surface area (Å²) in [6, 6.07) is 11.6. The lowest BCUT2D eigenvalue weighted by Gasteiger charge is -2.05. The highest BCUT2D eigenvalue weighted by Crippen LogP contribution is 2.26. The number of thiazole rings is 1. The van der Waals surface area contributed by atoms with Crippen LogP contribution in [0.5, 0.6) is 0 Å². The lowest BCUT2D eigenvalue weighted by Crippen LogP contribution is -2.06. The highest BCUT2D eigenvalue weighted by molar-refractivity contribution is 7.13. The number of carbonyl (C=O) groups excluding carboxylic acids is 1. The molecule has 128 valence electrons. The third kappa shape index (κ3) is 4.24. The number of nitrogens with zero attached hydrogens (tertiary/aromatic N) is 2. The first-order valence-corrected chi connectivity index (χ1v) is 9.12. The maximum Gasteiger partial charge on any atom is 0.341 e. The van der Waals surface area contributed by atoms with E-state index in [1.807, 2.05) is 5.38 Å². The fraction of sp³-hybridized carbons (Fsp3) is 0.211. The number of esters is 1. The van der Waals surface area contributed by atoms with E-state index >= 15 is 0 Å².